The van der Waals surface area contributed by atoms with Crippen LogP contribution in [0.4, 0.5) is 0 Å². The third-order valence-electron chi connectivity index (χ3n) is 2.92. The molecule has 6 nitrogen and oxygen atoms in total. The van der Waals surface area contributed by atoms with E-state index in [0.717, 1.165) is 0 Å². The number of carbonyl (C=O) groups is 2. The van der Waals surface area contributed by atoms with E-state index in [1.165, 1.54) is 29.9 Å². The molecule has 0 aliphatic heterocycles. The van der Waals surface area contributed by atoms with Crippen molar-refractivity contribution in [2.75, 3.05) is 0 Å². The molecule has 2 heterocycles. The van der Waals surface area contributed by atoms with Gasteiger partial charge in [0.15, 0.2) is 0 Å². The lowest BCUT2D eigenvalue weighted by atomic mass is 10.2. The number of thiophene rings is 1. The van der Waals surface area contributed by atoms with Gasteiger partial charge in [-0.1, -0.05) is 18.2 Å². The van der Waals surface area contributed by atoms with Crippen molar-refractivity contribution in [3.63, 3.8) is 0 Å². The molecule has 0 aliphatic rings. The van der Waals surface area contributed by atoms with Gasteiger partial charge < -0.3 is 9.15 Å². The van der Waals surface area contributed by atoms with Crippen LogP contribution >= 0.6 is 11.3 Å². The fourth-order valence-corrected chi connectivity index (χ4v) is 2.45. The molecule has 0 fully saturated rings. The molecule has 0 saturated heterocycles. The van der Waals surface area contributed by atoms with Crippen LogP contribution in [0.25, 0.3) is 0 Å². The molecule has 3 aromatic rings. The number of carbonyl (C=O) groups excluding carboxylic acids is 2. The second kappa shape index (κ2) is 7.38. The van der Waals surface area contributed by atoms with E-state index in [1.54, 1.807) is 42.5 Å². The predicted molar refractivity (Wildman–Crippen MR) is 89.5 cm³/mol. The second-order valence-corrected chi connectivity index (χ2v) is 5.56. The maximum absolute atomic E-state index is 11.8. The number of rotatable bonds is 5. The van der Waals surface area contributed by atoms with Gasteiger partial charge in [-0.3, -0.25) is 4.79 Å². The molecule has 1 N–H and O–H groups in total. The highest BCUT2D eigenvalue weighted by Gasteiger charge is 2.11. The maximum Gasteiger partial charge on any atom is 0.379 e. The number of nitrogens with zero attached hydrogens (tertiary/aromatic N) is 1. The van der Waals surface area contributed by atoms with E-state index >= 15 is 0 Å². The monoisotopic (exact) mass is 340 g/mol. The third kappa shape index (κ3) is 3.96. The highest BCUT2D eigenvalue weighted by atomic mass is 32.1. The zero-order valence-electron chi connectivity index (χ0n) is 12.3. The van der Waals surface area contributed by atoms with Gasteiger partial charge in [0.2, 0.25) is 5.76 Å². The Labute approximate surface area is 141 Å². The number of hydrazone groups is 1. The van der Waals surface area contributed by atoms with Crippen LogP contribution in [0.1, 0.15) is 25.8 Å². The van der Waals surface area contributed by atoms with Crippen molar-refractivity contribution >= 4 is 29.4 Å². The van der Waals surface area contributed by atoms with Crippen molar-refractivity contribution in [2.45, 2.75) is 0 Å². The molecule has 0 saturated carbocycles. The van der Waals surface area contributed by atoms with Crippen molar-refractivity contribution in [1.82, 2.24) is 5.43 Å². The highest BCUT2D eigenvalue weighted by molar-refractivity contribution is 7.12. The Kier molecular flexibility index (Phi) is 4.83. The summed E-state index contributed by atoms with van der Waals surface area (Å²) in [6.45, 7) is 0. The standard InChI is InChI=1S/C17H12N2O4S/c20-16(15-7-3-9-24-15)19-18-11-12-4-1-5-13(10-12)23-17(21)14-6-2-8-22-14/h1-11H,(H,19,20). The molecular weight excluding hydrogens is 328 g/mol. The smallest absolute Gasteiger partial charge is 0.379 e. The zero-order valence-corrected chi connectivity index (χ0v) is 13.2. The zero-order chi connectivity index (χ0) is 16.8. The summed E-state index contributed by atoms with van der Waals surface area (Å²) in [7, 11) is 0. The molecule has 24 heavy (non-hydrogen) atoms. The van der Waals surface area contributed by atoms with Gasteiger partial charge in [-0.15, -0.1) is 11.3 Å². The minimum absolute atomic E-state index is 0.122. The van der Waals surface area contributed by atoms with E-state index in [-0.39, 0.29) is 11.7 Å². The second-order valence-electron chi connectivity index (χ2n) is 4.62. The molecule has 1 aromatic carbocycles. The Bertz CT molecular complexity index is 855. The van der Waals surface area contributed by atoms with Gasteiger partial charge in [0, 0.05) is 0 Å². The number of hydrogen-bond acceptors (Lipinski definition) is 6. The van der Waals surface area contributed by atoms with Crippen LogP contribution in [0.15, 0.2) is 69.7 Å². The molecule has 0 unspecified atom stereocenters. The van der Waals surface area contributed by atoms with E-state index < -0.39 is 5.97 Å². The summed E-state index contributed by atoms with van der Waals surface area (Å²) >= 11 is 1.33. The van der Waals surface area contributed by atoms with Gasteiger partial charge in [0.1, 0.15) is 5.75 Å². The minimum atomic E-state index is -0.583. The summed E-state index contributed by atoms with van der Waals surface area (Å²) < 4.78 is 10.2. The molecule has 0 atom stereocenters. The first kappa shape index (κ1) is 15.7. The molecular formula is C17H12N2O4S. The number of hydrogen-bond donors (Lipinski definition) is 1. The van der Waals surface area contributed by atoms with Crippen LogP contribution in [-0.4, -0.2) is 18.1 Å². The number of esters is 1. The average molecular weight is 340 g/mol. The van der Waals surface area contributed by atoms with Crippen LogP contribution in [0.5, 0.6) is 5.75 Å². The van der Waals surface area contributed by atoms with Crippen LogP contribution < -0.4 is 10.2 Å². The lowest BCUT2D eigenvalue weighted by molar-refractivity contribution is 0.0701. The topological polar surface area (TPSA) is 80.9 Å². The largest absolute Gasteiger partial charge is 0.457 e. The summed E-state index contributed by atoms with van der Waals surface area (Å²) in [4.78, 5) is 24.1. The van der Waals surface area contributed by atoms with Crippen molar-refractivity contribution < 1.29 is 18.7 Å². The van der Waals surface area contributed by atoms with Gasteiger partial charge in [-0.05, 0) is 41.3 Å². The summed E-state index contributed by atoms with van der Waals surface area (Å²) in [5.41, 5.74) is 3.11. The molecule has 0 spiro atoms. The summed E-state index contributed by atoms with van der Waals surface area (Å²) in [5.74, 6) is -0.385. The molecule has 7 heteroatoms. The van der Waals surface area contributed by atoms with Crippen molar-refractivity contribution in [3.05, 3.63) is 76.4 Å². The predicted octanol–water partition coefficient (Wildman–Crippen LogP) is 3.32. The number of ether oxygens (including phenoxy) is 1. The molecule has 0 aliphatic carbocycles. The first-order valence-corrected chi connectivity index (χ1v) is 7.83. The van der Waals surface area contributed by atoms with Gasteiger partial charge in [0.05, 0.1) is 17.4 Å². The van der Waals surface area contributed by atoms with Gasteiger partial charge in [-0.2, -0.15) is 5.10 Å². The summed E-state index contributed by atoms with van der Waals surface area (Å²) in [6, 6.07) is 13.4. The van der Waals surface area contributed by atoms with Crippen molar-refractivity contribution in [2.24, 2.45) is 5.10 Å². The third-order valence-corrected chi connectivity index (χ3v) is 3.78. The van der Waals surface area contributed by atoms with Crippen LogP contribution in [0.2, 0.25) is 0 Å². The number of furan rings is 1. The van der Waals surface area contributed by atoms with E-state index in [9.17, 15) is 9.59 Å². The van der Waals surface area contributed by atoms with E-state index in [0.29, 0.717) is 16.2 Å². The fourth-order valence-electron chi connectivity index (χ4n) is 1.84. The number of benzene rings is 1. The molecule has 1 amide bonds. The average Bonchev–Trinajstić information content (AvgIpc) is 3.29. The SMILES string of the molecule is O=C(Oc1cccc(C=NNC(=O)c2cccs2)c1)c1ccco1. The Morgan fingerprint density at radius 2 is 2.08 bits per heavy atom. The van der Waals surface area contributed by atoms with Gasteiger partial charge >= 0.3 is 5.97 Å². The minimum Gasteiger partial charge on any atom is -0.457 e. The van der Waals surface area contributed by atoms with E-state index in [1.807, 2.05) is 5.38 Å². The highest BCUT2D eigenvalue weighted by Crippen LogP contribution is 2.14. The van der Waals surface area contributed by atoms with Gasteiger partial charge in [-0.25, -0.2) is 10.2 Å². The van der Waals surface area contributed by atoms with Crippen LogP contribution in [0.3, 0.4) is 0 Å². The van der Waals surface area contributed by atoms with Crippen molar-refractivity contribution in [3.8, 4) is 5.75 Å². The Morgan fingerprint density at radius 1 is 1.17 bits per heavy atom. The summed E-state index contributed by atoms with van der Waals surface area (Å²) in [6.07, 6.45) is 2.87. The first-order chi connectivity index (χ1) is 11.7. The molecule has 120 valence electrons. The van der Waals surface area contributed by atoms with E-state index in [2.05, 4.69) is 10.5 Å². The van der Waals surface area contributed by atoms with Crippen LogP contribution in [0, 0.1) is 0 Å². The molecule has 3 rings (SSSR count). The number of nitrogens with one attached hydrogen (secondary N) is 1. The molecule has 2 aromatic heterocycles. The fraction of sp³-hybridized carbons (Fsp3) is 0. The summed E-state index contributed by atoms with van der Waals surface area (Å²) in [5, 5.41) is 5.71. The Balaban J connectivity index is 1.61. The maximum atomic E-state index is 11.8. The lowest BCUT2D eigenvalue weighted by Gasteiger charge is -2.03. The number of amides is 1. The Morgan fingerprint density at radius 3 is 2.83 bits per heavy atom. The van der Waals surface area contributed by atoms with E-state index in [4.69, 9.17) is 9.15 Å². The first-order valence-electron chi connectivity index (χ1n) is 6.95. The van der Waals surface area contributed by atoms with Crippen LogP contribution in [-0.2, 0) is 0 Å². The van der Waals surface area contributed by atoms with Crippen molar-refractivity contribution in [1.29, 1.82) is 0 Å². The molecule has 0 bridgehead atoms. The molecule has 0 radical (unpaired) electrons. The Hall–Kier alpha value is -3.19. The van der Waals surface area contributed by atoms with Gasteiger partial charge in [0.25, 0.3) is 5.91 Å². The normalized spacial score (nSPS) is 10.7. The lowest BCUT2D eigenvalue weighted by Crippen LogP contribution is -2.16. The quantitative estimate of drug-likeness (QED) is 0.334.